The predicted molar refractivity (Wildman–Crippen MR) is 85.2 cm³/mol. The van der Waals surface area contributed by atoms with Crippen LogP contribution in [-0.2, 0) is 9.59 Å². The Hall–Kier alpha value is -2.22. The summed E-state index contributed by atoms with van der Waals surface area (Å²) in [7, 11) is 0. The molecule has 1 fully saturated rings. The molecule has 0 atom stereocenters. The normalized spacial score (nSPS) is 14.0. The van der Waals surface area contributed by atoms with Crippen molar-refractivity contribution in [3.63, 3.8) is 0 Å². The summed E-state index contributed by atoms with van der Waals surface area (Å²) in [6.07, 6.45) is 0. The summed E-state index contributed by atoms with van der Waals surface area (Å²) in [5, 5.41) is 14.8. The maximum atomic E-state index is 12.1. The maximum Gasteiger partial charge on any atom is 0.335 e. The van der Waals surface area contributed by atoms with Gasteiger partial charge in [-0.25, -0.2) is 4.79 Å². The SMILES string of the molecule is CCNc1ccc(C(=O)O)cc1NC(=O)CN1CSCC1=O. The second kappa shape index (κ2) is 7.17. The first-order valence-electron chi connectivity index (χ1n) is 6.78. The fourth-order valence-corrected chi connectivity index (χ4v) is 2.93. The Morgan fingerprint density at radius 3 is 2.73 bits per heavy atom. The van der Waals surface area contributed by atoms with Gasteiger partial charge in [0.25, 0.3) is 0 Å². The summed E-state index contributed by atoms with van der Waals surface area (Å²) in [5.74, 6) is -0.583. The molecule has 1 aromatic rings. The fraction of sp³-hybridized carbons (Fsp3) is 0.357. The first-order chi connectivity index (χ1) is 10.5. The number of thioether (sulfide) groups is 1. The van der Waals surface area contributed by atoms with Crippen LogP contribution in [0, 0.1) is 0 Å². The Kier molecular flexibility index (Phi) is 5.26. The molecule has 2 rings (SSSR count). The summed E-state index contributed by atoms with van der Waals surface area (Å²) >= 11 is 1.46. The van der Waals surface area contributed by atoms with Crippen LogP contribution >= 0.6 is 11.8 Å². The van der Waals surface area contributed by atoms with Gasteiger partial charge in [0.05, 0.1) is 28.6 Å². The van der Waals surface area contributed by atoms with E-state index in [0.29, 0.717) is 29.5 Å². The van der Waals surface area contributed by atoms with Crippen molar-refractivity contribution in [2.24, 2.45) is 0 Å². The van der Waals surface area contributed by atoms with Crippen LogP contribution in [0.15, 0.2) is 18.2 Å². The quantitative estimate of drug-likeness (QED) is 0.729. The van der Waals surface area contributed by atoms with E-state index in [1.807, 2.05) is 6.92 Å². The second-order valence-electron chi connectivity index (χ2n) is 4.71. The largest absolute Gasteiger partial charge is 0.478 e. The Balaban J connectivity index is 2.11. The van der Waals surface area contributed by atoms with Gasteiger partial charge in [-0.2, -0.15) is 0 Å². The fourth-order valence-electron chi connectivity index (χ4n) is 2.03. The number of hydrogen-bond acceptors (Lipinski definition) is 5. The van der Waals surface area contributed by atoms with Gasteiger partial charge in [-0.05, 0) is 25.1 Å². The van der Waals surface area contributed by atoms with Gasteiger partial charge >= 0.3 is 5.97 Å². The summed E-state index contributed by atoms with van der Waals surface area (Å²) in [4.78, 5) is 36.1. The van der Waals surface area contributed by atoms with Crippen molar-refractivity contribution in [3.05, 3.63) is 23.8 Å². The van der Waals surface area contributed by atoms with Gasteiger partial charge in [0, 0.05) is 6.54 Å². The number of carbonyl (C=O) groups excluding carboxylic acids is 2. The minimum Gasteiger partial charge on any atom is -0.478 e. The molecule has 1 aliphatic heterocycles. The molecule has 118 valence electrons. The van der Waals surface area contributed by atoms with Crippen LogP contribution < -0.4 is 10.6 Å². The van der Waals surface area contributed by atoms with Gasteiger partial charge in [-0.1, -0.05) is 0 Å². The van der Waals surface area contributed by atoms with E-state index < -0.39 is 5.97 Å². The van der Waals surface area contributed by atoms with Crippen LogP contribution in [0.1, 0.15) is 17.3 Å². The molecule has 0 aliphatic carbocycles. The number of carboxylic acid groups (broad SMARTS) is 1. The third-order valence-electron chi connectivity index (χ3n) is 3.07. The number of aromatic carboxylic acids is 1. The van der Waals surface area contributed by atoms with E-state index in [1.165, 1.54) is 28.8 Å². The molecular weight excluding hydrogens is 306 g/mol. The van der Waals surface area contributed by atoms with Crippen LogP contribution in [0.4, 0.5) is 11.4 Å². The smallest absolute Gasteiger partial charge is 0.335 e. The van der Waals surface area contributed by atoms with Gasteiger partial charge in [0.1, 0.15) is 6.54 Å². The molecule has 0 spiro atoms. The highest BCUT2D eigenvalue weighted by Crippen LogP contribution is 2.24. The highest BCUT2D eigenvalue weighted by Gasteiger charge is 2.23. The van der Waals surface area contributed by atoms with E-state index in [9.17, 15) is 14.4 Å². The summed E-state index contributed by atoms with van der Waals surface area (Å²) < 4.78 is 0. The topological polar surface area (TPSA) is 98.7 Å². The highest BCUT2D eigenvalue weighted by atomic mass is 32.2. The van der Waals surface area contributed by atoms with E-state index in [-0.39, 0.29) is 23.9 Å². The van der Waals surface area contributed by atoms with Gasteiger partial charge < -0.3 is 20.6 Å². The third kappa shape index (κ3) is 3.91. The number of nitrogens with one attached hydrogen (secondary N) is 2. The second-order valence-corrected chi connectivity index (χ2v) is 5.67. The van der Waals surface area contributed by atoms with Gasteiger partial charge in [-0.3, -0.25) is 9.59 Å². The number of rotatable bonds is 6. The lowest BCUT2D eigenvalue weighted by atomic mass is 10.1. The first-order valence-corrected chi connectivity index (χ1v) is 7.93. The van der Waals surface area contributed by atoms with Crippen molar-refractivity contribution in [1.29, 1.82) is 0 Å². The molecule has 0 saturated carbocycles. The van der Waals surface area contributed by atoms with Crippen molar-refractivity contribution in [2.75, 3.05) is 35.4 Å². The molecule has 7 nitrogen and oxygen atoms in total. The molecular formula is C14H17N3O4S. The average molecular weight is 323 g/mol. The Morgan fingerprint density at radius 2 is 2.14 bits per heavy atom. The molecule has 0 aromatic heterocycles. The van der Waals surface area contributed by atoms with Crippen molar-refractivity contribution in [3.8, 4) is 0 Å². The van der Waals surface area contributed by atoms with Crippen LogP contribution in [0.5, 0.6) is 0 Å². The number of carboxylic acids is 1. The monoisotopic (exact) mass is 323 g/mol. The number of amides is 2. The molecule has 1 aliphatic rings. The average Bonchev–Trinajstić information content (AvgIpc) is 2.86. The minimum absolute atomic E-state index is 0.0330. The number of hydrogen-bond donors (Lipinski definition) is 3. The molecule has 0 radical (unpaired) electrons. The summed E-state index contributed by atoms with van der Waals surface area (Å²) in [5.41, 5.74) is 1.12. The van der Waals surface area contributed by atoms with Crippen LogP contribution in [0.25, 0.3) is 0 Å². The van der Waals surface area contributed by atoms with Crippen LogP contribution in [0.3, 0.4) is 0 Å². The molecule has 22 heavy (non-hydrogen) atoms. The standard InChI is InChI=1S/C14H17N3O4S/c1-2-15-10-4-3-9(14(20)21)5-11(10)16-12(18)6-17-8-22-7-13(17)19/h3-5,15H,2,6-8H2,1H3,(H,16,18)(H,20,21). The van der Waals surface area contributed by atoms with Crippen LogP contribution in [-0.4, -0.2) is 52.5 Å². The number of carbonyl (C=O) groups is 3. The van der Waals surface area contributed by atoms with Crippen molar-refractivity contribution >= 4 is 40.9 Å². The number of anilines is 2. The molecule has 1 heterocycles. The highest BCUT2D eigenvalue weighted by molar-refractivity contribution is 8.00. The molecule has 0 unspecified atom stereocenters. The molecule has 1 aromatic carbocycles. The van der Waals surface area contributed by atoms with Crippen molar-refractivity contribution in [1.82, 2.24) is 4.90 Å². The lowest BCUT2D eigenvalue weighted by Gasteiger charge is -2.16. The molecule has 2 amide bonds. The van der Waals surface area contributed by atoms with Crippen molar-refractivity contribution in [2.45, 2.75) is 6.92 Å². The van der Waals surface area contributed by atoms with Gasteiger partial charge in [-0.15, -0.1) is 11.8 Å². The third-order valence-corrected chi connectivity index (χ3v) is 4.01. The van der Waals surface area contributed by atoms with E-state index in [2.05, 4.69) is 10.6 Å². The van der Waals surface area contributed by atoms with Crippen molar-refractivity contribution < 1.29 is 19.5 Å². The summed E-state index contributed by atoms with van der Waals surface area (Å²) in [6.45, 7) is 2.50. The van der Waals surface area contributed by atoms with E-state index in [4.69, 9.17) is 5.11 Å². The summed E-state index contributed by atoms with van der Waals surface area (Å²) in [6, 6.07) is 4.48. The number of nitrogens with zero attached hydrogens (tertiary/aromatic N) is 1. The Morgan fingerprint density at radius 1 is 1.36 bits per heavy atom. The zero-order valence-electron chi connectivity index (χ0n) is 12.1. The van der Waals surface area contributed by atoms with E-state index >= 15 is 0 Å². The Labute approximate surface area is 132 Å². The van der Waals surface area contributed by atoms with Gasteiger partial charge in [0.2, 0.25) is 11.8 Å². The lowest BCUT2D eigenvalue weighted by molar-refractivity contribution is -0.130. The van der Waals surface area contributed by atoms with Gasteiger partial charge in [0.15, 0.2) is 0 Å². The first kappa shape index (κ1) is 16.2. The van der Waals surface area contributed by atoms with Crippen LogP contribution in [0.2, 0.25) is 0 Å². The minimum atomic E-state index is -1.07. The zero-order valence-corrected chi connectivity index (χ0v) is 12.9. The zero-order chi connectivity index (χ0) is 16.1. The van der Waals surface area contributed by atoms with E-state index in [1.54, 1.807) is 6.07 Å². The lowest BCUT2D eigenvalue weighted by Crippen LogP contribution is -2.34. The maximum absolute atomic E-state index is 12.1. The molecule has 3 N–H and O–H groups in total. The van der Waals surface area contributed by atoms with E-state index in [0.717, 1.165) is 0 Å². The predicted octanol–water partition coefficient (Wildman–Crippen LogP) is 1.29. The Bertz CT molecular complexity index is 606. The molecule has 0 bridgehead atoms. The molecule has 8 heteroatoms. The molecule has 1 saturated heterocycles. The number of benzene rings is 1.